The second kappa shape index (κ2) is 9.29. The summed E-state index contributed by atoms with van der Waals surface area (Å²) < 4.78 is 5.88. The predicted molar refractivity (Wildman–Crippen MR) is 122 cm³/mol. The minimum Gasteiger partial charge on any atom is -0.374 e. The number of aromatic nitrogens is 2. The quantitative estimate of drug-likeness (QED) is 0.811. The van der Waals surface area contributed by atoms with Crippen molar-refractivity contribution in [3.63, 3.8) is 0 Å². The van der Waals surface area contributed by atoms with Crippen molar-refractivity contribution in [1.82, 2.24) is 19.8 Å². The Morgan fingerprint density at radius 1 is 0.967 bits per heavy atom. The molecule has 2 fully saturated rings. The number of ether oxygens (including phenoxy) is 1. The highest BCUT2D eigenvalue weighted by atomic mass is 16.5. The van der Waals surface area contributed by atoms with Crippen LogP contribution in [0.25, 0.3) is 11.4 Å². The Bertz CT molecular complexity index is 848. The highest BCUT2D eigenvalue weighted by molar-refractivity contribution is 5.63. The van der Waals surface area contributed by atoms with E-state index >= 15 is 0 Å². The van der Waals surface area contributed by atoms with Crippen molar-refractivity contribution in [1.29, 1.82) is 0 Å². The number of nitrogens with one attached hydrogen (secondary N) is 1. The van der Waals surface area contributed by atoms with Crippen molar-refractivity contribution in [3.05, 3.63) is 35.5 Å². The minimum atomic E-state index is 0.185. The second-order valence-electron chi connectivity index (χ2n) is 8.58. The van der Waals surface area contributed by atoms with Gasteiger partial charge < -0.3 is 24.8 Å². The molecule has 0 aliphatic carbocycles. The smallest absolute Gasteiger partial charge is 0.161 e. The first-order valence-corrected chi connectivity index (χ1v) is 10.9. The average Bonchev–Trinajstić information content (AvgIpc) is 2.75. The Morgan fingerprint density at radius 2 is 1.70 bits per heavy atom. The standard InChI is InChI=1S/C23H34N6O/c1-17-18(2)25-23(26-22(17)24-15-21-16-28(4)13-14-30-21)19-5-7-20(8-6-19)29-11-9-27(3)10-12-29/h5-8,21H,9-16H2,1-4H3,(H,24,25,26). The van der Waals surface area contributed by atoms with Gasteiger partial charge >= 0.3 is 0 Å². The highest BCUT2D eigenvalue weighted by Gasteiger charge is 2.19. The van der Waals surface area contributed by atoms with Crippen molar-refractivity contribution >= 4 is 11.5 Å². The fraction of sp³-hybridized carbons (Fsp3) is 0.565. The summed E-state index contributed by atoms with van der Waals surface area (Å²) in [5, 5.41) is 3.51. The molecule has 0 radical (unpaired) electrons. The molecule has 0 amide bonds. The van der Waals surface area contributed by atoms with Crippen LogP contribution in [0.5, 0.6) is 0 Å². The van der Waals surface area contributed by atoms with Crippen molar-refractivity contribution in [2.24, 2.45) is 0 Å². The van der Waals surface area contributed by atoms with E-state index in [1.165, 1.54) is 5.69 Å². The molecule has 0 bridgehead atoms. The number of hydrogen-bond donors (Lipinski definition) is 1. The molecule has 2 aliphatic heterocycles. The monoisotopic (exact) mass is 410 g/mol. The average molecular weight is 411 g/mol. The van der Waals surface area contributed by atoms with E-state index in [-0.39, 0.29) is 6.10 Å². The summed E-state index contributed by atoms with van der Waals surface area (Å²) in [6.45, 7) is 12.0. The first-order chi connectivity index (χ1) is 14.5. The zero-order chi connectivity index (χ0) is 21.1. The molecule has 30 heavy (non-hydrogen) atoms. The van der Waals surface area contributed by atoms with Gasteiger partial charge in [-0.1, -0.05) is 0 Å². The molecule has 7 nitrogen and oxygen atoms in total. The highest BCUT2D eigenvalue weighted by Crippen LogP contribution is 2.25. The van der Waals surface area contributed by atoms with Crippen LogP contribution in [0, 0.1) is 13.8 Å². The third-order valence-corrected chi connectivity index (χ3v) is 6.22. The van der Waals surface area contributed by atoms with Crippen molar-refractivity contribution in [2.45, 2.75) is 20.0 Å². The van der Waals surface area contributed by atoms with Crippen LogP contribution in [0.2, 0.25) is 0 Å². The molecule has 2 aliphatic rings. The number of piperazine rings is 1. The summed E-state index contributed by atoms with van der Waals surface area (Å²) >= 11 is 0. The van der Waals surface area contributed by atoms with Crippen LogP contribution >= 0.6 is 0 Å². The fourth-order valence-corrected chi connectivity index (χ4v) is 4.02. The van der Waals surface area contributed by atoms with Crippen LogP contribution in [0.15, 0.2) is 24.3 Å². The topological polar surface area (TPSA) is 56.8 Å². The number of aryl methyl sites for hydroxylation is 1. The lowest BCUT2D eigenvalue weighted by atomic mass is 10.1. The van der Waals surface area contributed by atoms with Crippen LogP contribution in [0.1, 0.15) is 11.3 Å². The summed E-state index contributed by atoms with van der Waals surface area (Å²) in [6.07, 6.45) is 0.185. The van der Waals surface area contributed by atoms with E-state index in [0.29, 0.717) is 0 Å². The maximum absolute atomic E-state index is 5.88. The Hall–Kier alpha value is -2.22. The molecule has 162 valence electrons. The van der Waals surface area contributed by atoms with Crippen LogP contribution in [0.3, 0.4) is 0 Å². The molecule has 0 saturated carbocycles. The first-order valence-electron chi connectivity index (χ1n) is 10.9. The van der Waals surface area contributed by atoms with Gasteiger partial charge in [-0.25, -0.2) is 9.97 Å². The van der Waals surface area contributed by atoms with E-state index in [9.17, 15) is 0 Å². The van der Waals surface area contributed by atoms with Gasteiger partial charge in [0.25, 0.3) is 0 Å². The Labute approximate surface area is 180 Å². The summed E-state index contributed by atoms with van der Waals surface area (Å²) in [6, 6.07) is 8.66. The third kappa shape index (κ3) is 4.91. The number of nitrogens with zero attached hydrogens (tertiary/aromatic N) is 5. The van der Waals surface area contributed by atoms with E-state index in [4.69, 9.17) is 14.7 Å². The van der Waals surface area contributed by atoms with Gasteiger partial charge in [0.15, 0.2) is 5.82 Å². The largest absolute Gasteiger partial charge is 0.374 e. The molecule has 7 heteroatoms. The molecule has 1 aromatic carbocycles. The Balaban J connectivity index is 1.47. The number of anilines is 2. The number of morpholine rings is 1. The zero-order valence-corrected chi connectivity index (χ0v) is 18.7. The molecule has 3 heterocycles. The van der Waals surface area contributed by atoms with Gasteiger partial charge in [0.05, 0.1) is 12.7 Å². The van der Waals surface area contributed by atoms with Crippen LogP contribution in [0.4, 0.5) is 11.5 Å². The van der Waals surface area contributed by atoms with E-state index in [1.807, 2.05) is 0 Å². The number of rotatable bonds is 5. The van der Waals surface area contributed by atoms with E-state index < -0.39 is 0 Å². The molecular weight excluding hydrogens is 376 g/mol. The summed E-state index contributed by atoms with van der Waals surface area (Å²) in [4.78, 5) is 16.7. The van der Waals surface area contributed by atoms with Crippen molar-refractivity contribution in [2.75, 3.05) is 76.7 Å². The maximum atomic E-state index is 5.88. The molecular formula is C23H34N6O. The molecule has 1 atom stereocenters. The van der Waals surface area contributed by atoms with Gasteiger partial charge in [0.1, 0.15) is 5.82 Å². The first kappa shape index (κ1) is 21.0. The van der Waals surface area contributed by atoms with E-state index in [2.05, 4.69) is 72.2 Å². The zero-order valence-electron chi connectivity index (χ0n) is 18.7. The molecule has 1 unspecified atom stereocenters. The molecule has 1 N–H and O–H groups in total. The van der Waals surface area contributed by atoms with Gasteiger partial charge in [-0.15, -0.1) is 0 Å². The molecule has 4 rings (SSSR count). The Morgan fingerprint density at radius 3 is 2.40 bits per heavy atom. The van der Waals surface area contributed by atoms with Crippen molar-refractivity contribution in [3.8, 4) is 11.4 Å². The van der Waals surface area contributed by atoms with Gasteiger partial charge in [0, 0.05) is 68.3 Å². The molecule has 2 saturated heterocycles. The summed E-state index contributed by atoms with van der Waals surface area (Å²) in [5.41, 5.74) is 4.42. The minimum absolute atomic E-state index is 0.185. The lowest BCUT2D eigenvalue weighted by Gasteiger charge is -2.34. The molecule has 0 spiro atoms. The second-order valence-corrected chi connectivity index (χ2v) is 8.58. The SMILES string of the molecule is Cc1nc(-c2ccc(N3CCN(C)CC3)cc2)nc(NCC2CN(C)CCO2)c1C. The maximum Gasteiger partial charge on any atom is 0.161 e. The lowest BCUT2D eigenvalue weighted by Crippen LogP contribution is -2.44. The third-order valence-electron chi connectivity index (χ3n) is 6.22. The van der Waals surface area contributed by atoms with E-state index in [1.54, 1.807) is 0 Å². The predicted octanol–water partition coefficient (Wildman–Crippen LogP) is 2.25. The van der Waals surface area contributed by atoms with E-state index in [0.717, 1.165) is 80.9 Å². The van der Waals surface area contributed by atoms with Gasteiger partial charge in [-0.2, -0.15) is 0 Å². The fourth-order valence-electron chi connectivity index (χ4n) is 4.02. The van der Waals surface area contributed by atoms with Gasteiger partial charge in [-0.3, -0.25) is 0 Å². The van der Waals surface area contributed by atoms with Crippen LogP contribution in [-0.2, 0) is 4.74 Å². The van der Waals surface area contributed by atoms with Gasteiger partial charge in [-0.05, 0) is 52.2 Å². The molecule has 1 aromatic heterocycles. The number of benzene rings is 1. The lowest BCUT2D eigenvalue weighted by molar-refractivity contribution is -0.0117. The van der Waals surface area contributed by atoms with Crippen LogP contribution in [-0.4, -0.2) is 92.4 Å². The van der Waals surface area contributed by atoms with Gasteiger partial charge in [0.2, 0.25) is 0 Å². The summed E-state index contributed by atoms with van der Waals surface area (Å²) in [7, 11) is 4.32. The Kier molecular flexibility index (Phi) is 6.51. The van der Waals surface area contributed by atoms with Crippen LogP contribution < -0.4 is 10.2 Å². The molecule has 2 aromatic rings. The normalized spacial score (nSPS) is 21.1. The number of hydrogen-bond acceptors (Lipinski definition) is 7. The number of likely N-dealkylation sites (N-methyl/N-ethyl adjacent to an activating group) is 2. The van der Waals surface area contributed by atoms with Crippen molar-refractivity contribution < 1.29 is 4.74 Å². The summed E-state index contributed by atoms with van der Waals surface area (Å²) in [5.74, 6) is 1.67.